The summed E-state index contributed by atoms with van der Waals surface area (Å²) in [6.45, 7) is 5.91. The number of fused-ring (bicyclic) bond motifs is 1. The molecule has 1 aliphatic rings. The second-order valence-corrected chi connectivity index (χ2v) is 9.05. The van der Waals surface area contributed by atoms with Crippen molar-refractivity contribution in [3.63, 3.8) is 0 Å². The predicted molar refractivity (Wildman–Crippen MR) is 140 cm³/mol. The summed E-state index contributed by atoms with van der Waals surface area (Å²) in [7, 11) is 4.90. The first-order chi connectivity index (χ1) is 17.5. The molecule has 1 atom stereocenters. The molecule has 3 aromatic carbocycles. The van der Waals surface area contributed by atoms with Crippen LogP contribution in [0.3, 0.4) is 0 Å². The largest absolute Gasteiger partial charge is 0.496 e. The molecule has 0 aliphatic carbocycles. The van der Waals surface area contributed by atoms with E-state index < -0.39 is 0 Å². The summed E-state index contributed by atoms with van der Waals surface area (Å²) in [6, 6.07) is 18.6. The van der Waals surface area contributed by atoms with Gasteiger partial charge in [-0.05, 0) is 67.1 Å². The Hall–Kier alpha value is -3.51. The van der Waals surface area contributed by atoms with E-state index >= 15 is 0 Å². The standard InChI is InChI=1S/C30H35NO5/c1-6-36-30(32)29-23(8-7-9-26(29)33-3)16-25-24-18-28(35-5)27(34-4)17-22(24)14-15-31(25)19-21-12-10-20(2)11-13-21/h7-13,17-18,25H,6,14-16,19H2,1-5H3. The fourth-order valence-corrected chi connectivity index (χ4v) is 5.00. The maximum absolute atomic E-state index is 13.0. The number of hydrogen-bond donors (Lipinski definition) is 0. The number of esters is 1. The van der Waals surface area contributed by atoms with Crippen molar-refractivity contribution in [1.82, 2.24) is 4.90 Å². The highest BCUT2D eigenvalue weighted by atomic mass is 16.5. The molecule has 190 valence electrons. The Balaban J connectivity index is 1.79. The molecule has 0 saturated carbocycles. The fourth-order valence-electron chi connectivity index (χ4n) is 5.00. The third-order valence-corrected chi connectivity index (χ3v) is 6.85. The molecule has 0 radical (unpaired) electrons. The zero-order valence-corrected chi connectivity index (χ0v) is 21.8. The summed E-state index contributed by atoms with van der Waals surface area (Å²) in [5.74, 6) is 1.60. The maximum atomic E-state index is 13.0. The van der Waals surface area contributed by atoms with Crippen molar-refractivity contribution < 1.29 is 23.7 Å². The molecular weight excluding hydrogens is 454 g/mol. The van der Waals surface area contributed by atoms with Crippen LogP contribution in [0.15, 0.2) is 54.6 Å². The summed E-state index contributed by atoms with van der Waals surface area (Å²) in [5, 5.41) is 0. The summed E-state index contributed by atoms with van der Waals surface area (Å²) in [4.78, 5) is 15.4. The van der Waals surface area contributed by atoms with E-state index in [0.717, 1.165) is 30.8 Å². The minimum Gasteiger partial charge on any atom is -0.496 e. The first-order valence-electron chi connectivity index (χ1n) is 12.4. The highest BCUT2D eigenvalue weighted by molar-refractivity contribution is 5.94. The molecule has 6 nitrogen and oxygen atoms in total. The molecule has 0 spiro atoms. The van der Waals surface area contributed by atoms with Crippen molar-refractivity contribution in [2.24, 2.45) is 0 Å². The number of ether oxygens (including phenoxy) is 4. The molecule has 0 fully saturated rings. The monoisotopic (exact) mass is 489 g/mol. The van der Waals surface area contributed by atoms with Gasteiger partial charge in [0.1, 0.15) is 11.3 Å². The van der Waals surface area contributed by atoms with Crippen LogP contribution in [0.25, 0.3) is 0 Å². The van der Waals surface area contributed by atoms with Gasteiger partial charge in [-0.2, -0.15) is 0 Å². The van der Waals surface area contributed by atoms with Crippen molar-refractivity contribution in [3.8, 4) is 17.2 Å². The lowest BCUT2D eigenvalue weighted by atomic mass is 9.86. The van der Waals surface area contributed by atoms with Crippen molar-refractivity contribution in [2.45, 2.75) is 39.3 Å². The second kappa shape index (κ2) is 11.5. The van der Waals surface area contributed by atoms with E-state index in [1.54, 1.807) is 21.3 Å². The minimum atomic E-state index is -0.363. The van der Waals surface area contributed by atoms with E-state index in [-0.39, 0.29) is 12.0 Å². The Morgan fingerprint density at radius 3 is 2.31 bits per heavy atom. The Labute approximate surface area is 213 Å². The SMILES string of the molecule is CCOC(=O)c1c(CC2c3cc(OC)c(OC)cc3CCN2Cc2ccc(C)cc2)cccc1OC. The van der Waals surface area contributed by atoms with Crippen LogP contribution in [0.4, 0.5) is 0 Å². The van der Waals surface area contributed by atoms with E-state index in [1.165, 1.54) is 22.3 Å². The van der Waals surface area contributed by atoms with Gasteiger partial charge in [-0.25, -0.2) is 4.79 Å². The number of nitrogens with zero attached hydrogens (tertiary/aromatic N) is 1. The minimum absolute atomic E-state index is 0.0233. The zero-order valence-electron chi connectivity index (χ0n) is 21.8. The molecule has 3 aromatic rings. The van der Waals surface area contributed by atoms with Gasteiger partial charge in [-0.3, -0.25) is 4.90 Å². The number of carbonyl (C=O) groups excluding carboxylic acids is 1. The first kappa shape index (κ1) is 25.6. The van der Waals surface area contributed by atoms with Crippen LogP contribution in [0.1, 0.15) is 51.1 Å². The van der Waals surface area contributed by atoms with Gasteiger partial charge in [0.25, 0.3) is 0 Å². The quantitative estimate of drug-likeness (QED) is 0.368. The van der Waals surface area contributed by atoms with Crippen molar-refractivity contribution in [1.29, 1.82) is 0 Å². The van der Waals surface area contributed by atoms with Crippen LogP contribution < -0.4 is 14.2 Å². The Morgan fingerprint density at radius 2 is 1.64 bits per heavy atom. The van der Waals surface area contributed by atoms with Gasteiger partial charge in [0.15, 0.2) is 11.5 Å². The molecule has 0 amide bonds. The van der Waals surface area contributed by atoms with Gasteiger partial charge in [0.05, 0.1) is 27.9 Å². The van der Waals surface area contributed by atoms with Gasteiger partial charge in [-0.15, -0.1) is 0 Å². The molecule has 0 N–H and O–H groups in total. The van der Waals surface area contributed by atoms with Crippen LogP contribution in [0.2, 0.25) is 0 Å². The Morgan fingerprint density at radius 1 is 0.944 bits per heavy atom. The molecule has 0 aromatic heterocycles. The lowest BCUT2D eigenvalue weighted by molar-refractivity contribution is 0.0520. The lowest BCUT2D eigenvalue weighted by Gasteiger charge is -2.38. The van der Waals surface area contributed by atoms with E-state index in [9.17, 15) is 4.79 Å². The van der Waals surface area contributed by atoms with Crippen LogP contribution >= 0.6 is 0 Å². The predicted octanol–water partition coefficient (Wildman–Crippen LogP) is 5.54. The van der Waals surface area contributed by atoms with Gasteiger partial charge < -0.3 is 18.9 Å². The van der Waals surface area contributed by atoms with Crippen LogP contribution in [0.5, 0.6) is 17.2 Å². The zero-order chi connectivity index (χ0) is 25.7. The Bertz CT molecular complexity index is 1200. The molecule has 1 heterocycles. The van der Waals surface area contributed by atoms with Crippen molar-refractivity contribution >= 4 is 5.97 Å². The van der Waals surface area contributed by atoms with Crippen molar-refractivity contribution in [2.75, 3.05) is 34.5 Å². The normalized spacial score (nSPS) is 15.2. The highest BCUT2D eigenvalue weighted by Crippen LogP contribution is 2.41. The maximum Gasteiger partial charge on any atom is 0.342 e. The molecule has 1 unspecified atom stereocenters. The van der Waals surface area contributed by atoms with E-state index in [2.05, 4.69) is 48.2 Å². The Kier molecular flexibility index (Phi) is 8.16. The second-order valence-electron chi connectivity index (χ2n) is 9.05. The fraction of sp³-hybridized carbons (Fsp3) is 0.367. The van der Waals surface area contributed by atoms with E-state index in [0.29, 0.717) is 30.1 Å². The summed E-state index contributed by atoms with van der Waals surface area (Å²) in [6.07, 6.45) is 1.53. The average Bonchev–Trinajstić information content (AvgIpc) is 2.90. The summed E-state index contributed by atoms with van der Waals surface area (Å²) < 4.78 is 22.2. The van der Waals surface area contributed by atoms with Gasteiger partial charge in [0, 0.05) is 19.1 Å². The number of aryl methyl sites for hydroxylation is 1. The highest BCUT2D eigenvalue weighted by Gasteiger charge is 2.31. The molecular formula is C30H35NO5. The third kappa shape index (κ3) is 5.34. The molecule has 1 aliphatic heterocycles. The van der Waals surface area contributed by atoms with Crippen LogP contribution in [-0.4, -0.2) is 45.4 Å². The molecule has 6 heteroatoms. The smallest absolute Gasteiger partial charge is 0.342 e. The van der Waals surface area contributed by atoms with Gasteiger partial charge in [-0.1, -0.05) is 42.0 Å². The average molecular weight is 490 g/mol. The molecule has 0 bridgehead atoms. The number of carbonyl (C=O) groups is 1. The topological polar surface area (TPSA) is 57.2 Å². The number of benzene rings is 3. The van der Waals surface area contributed by atoms with Gasteiger partial charge in [0.2, 0.25) is 0 Å². The summed E-state index contributed by atoms with van der Waals surface area (Å²) in [5.41, 5.74) is 6.30. The third-order valence-electron chi connectivity index (χ3n) is 6.85. The molecule has 0 saturated heterocycles. The van der Waals surface area contributed by atoms with Crippen LogP contribution in [0, 0.1) is 6.92 Å². The molecule has 36 heavy (non-hydrogen) atoms. The summed E-state index contributed by atoms with van der Waals surface area (Å²) >= 11 is 0. The number of hydrogen-bond acceptors (Lipinski definition) is 6. The van der Waals surface area contributed by atoms with Crippen LogP contribution in [-0.2, 0) is 24.1 Å². The number of rotatable bonds is 9. The molecule has 4 rings (SSSR count). The lowest BCUT2D eigenvalue weighted by Crippen LogP contribution is -2.36. The van der Waals surface area contributed by atoms with Crippen molar-refractivity contribution in [3.05, 3.63) is 88.0 Å². The van der Waals surface area contributed by atoms with E-state index in [1.807, 2.05) is 25.1 Å². The van der Waals surface area contributed by atoms with E-state index in [4.69, 9.17) is 18.9 Å². The first-order valence-corrected chi connectivity index (χ1v) is 12.4. The number of methoxy groups -OCH3 is 3. The van der Waals surface area contributed by atoms with Gasteiger partial charge >= 0.3 is 5.97 Å².